The van der Waals surface area contributed by atoms with E-state index in [0.29, 0.717) is 39.7 Å². The van der Waals surface area contributed by atoms with E-state index >= 15 is 0 Å². The molecule has 3 aromatic rings. The van der Waals surface area contributed by atoms with Gasteiger partial charge >= 0.3 is 11.9 Å². The molecule has 0 atom stereocenters. The van der Waals surface area contributed by atoms with Gasteiger partial charge < -0.3 is 18.9 Å². The van der Waals surface area contributed by atoms with Crippen LogP contribution < -0.4 is 9.47 Å². The number of ether oxygens (including phenoxy) is 4. The molecule has 0 aliphatic heterocycles. The molecule has 0 saturated carbocycles. The highest BCUT2D eigenvalue weighted by Crippen LogP contribution is 2.32. The molecule has 0 unspecified atom stereocenters. The largest absolute Gasteiger partial charge is 0.490 e. The number of allylic oxidation sites excluding steroid dienone is 1. The Morgan fingerprint density at radius 3 is 2.23 bits per heavy atom. The second-order valence-corrected chi connectivity index (χ2v) is 10.0. The monoisotopic (exact) mass is 606 g/mol. The van der Waals surface area contributed by atoms with Crippen LogP contribution in [-0.4, -0.2) is 42.5 Å². The summed E-state index contributed by atoms with van der Waals surface area (Å²) in [5, 5.41) is 20.7. The minimum atomic E-state index is -0.664. The predicted octanol–water partition coefficient (Wildman–Crippen LogP) is 6.01. The number of carbonyl (C=O) groups excluding carboxylic acids is 3. The maximum absolute atomic E-state index is 13.2. The van der Waals surface area contributed by atoms with Crippen molar-refractivity contribution in [2.75, 3.05) is 19.8 Å². The van der Waals surface area contributed by atoms with Crippen molar-refractivity contribution in [1.29, 1.82) is 5.26 Å². The van der Waals surface area contributed by atoms with Gasteiger partial charge in [-0.05, 0) is 74.7 Å². The molecule has 0 amide bonds. The smallest absolute Gasteiger partial charge is 0.348 e. The van der Waals surface area contributed by atoms with Crippen LogP contribution in [0.5, 0.6) is 11.5 Å². The summed E-state index contributed by atoms with van der Waals surface area (Å²) < 4.78 is 21.8. The van der Waals surface area contributed by atoms with Crippen molar-refractivity contribution in [3.8, 4) is 17.6 Å². The molecule has 0 aliphatic rings. The predicted molar refractivity (Wildman–Crippen MR) is 158 cm³/mol. The van der Waals surface area contributed by atoms with Gasteiger partial charge in [-0.2, -0.15) is 5.26 Å². The Morgan fingerprint density at radius 2 is 1.63 bits per heavy atom. The zero-order valence-corrected chi connectivity index (χ0v) is 24.9. The van der Waals surface area contributed by atoms with Gasteiger partial charge in [-0.15, -0.1) is 11.3 Å². The van der Waals surface area contributed by atoms with Crippen molar-refractivity contribution in [3.05, 3.63) is 90.2 Å². The molecule has 0 bridgehead atoms. The number of benzene rings is 2. The van der Waals surface area contributed by atoms with E-state index in [1.807, 2.05) is 6.07 Å². The van der Waals surface area contributed by atoms with Crippen LogP contribution in [0, 0.1) is 28.4 Å². The van der Waals surface area contributed by atoms with Crippen LogP contribution in [0.4, 0.5) is 5.69 Å². The standard InChI is InChI=1S/C31H30N2O9S/c1-5-39-26-15-21(10-13-25(26)42-18-20-8-11-23(12-9-20)33(37)38)14-22(17-32)24(34)16-27-28(30(35)40-6-2)19(4)29(43-27)31(36)41-7-3/h8-15H,5-7,16,18H2,1-4H3. The second kappa shape index (κ2) is 15.3. The molecule has 1 aromatic heterocycles. The Bertz CT molecular complexity index is 1580. The number of carbonyl (C=O) groups is 3. The summed E-state index contributed by atoms with van der Waals surface area (Å²) in [7, 11) is 0. The molecule has 0 aliphatic carbocycles. The maximum atomic E-state index is 13.2. The quantitative estimate of drug-likeness (QED) is 0.0700. The number of nitro groups is 1. The number of esters is 2. The Kier molecular flexibility index (Phi) is 11.5. The fourth-order valence-electron chi connectivity index (χ4n) is 4.02. The van der Waals surface area contributed by atoms with E-state index in [2.05, 4.69) is 0 Å². The second-order valence-electron chi connectivity index (χ2n) is 8.92. The first-order valence-electron chi connectivity index (χ1n) is 13.4. The third-order valence-electron chi connectivity index (χ3n) is 6.02. The molecule has 12 heteroatoms. The van der Waals surface area contributed by atoms with E-state index in [1.54, 1.807) is 58.0 Å². The molecule has 3 rings (SSSR count). The lowest BCUT2D eigenvalue weighted by Gasteiger charge is -2.13. The van der Waals surface area contributed by atoms with Crippen LogP contribution >= 0.6 is 11.3 Å². The van der Waals surface area contributed by atoms with Crippen LogP contribution in [0.25, 0.3) is 6.08 Å². The highest BCUT2D eigenvalue weighted by Gasteiger charge is 2.28. The van der Waals surface area contributed by atoms with Crippen molar-refractivity contribution in [3.63, 3.8) is 0 Å². The van der Waals surface area contributed by atoms with E-state index < -0.39 is 22.6 Å². The minimum Gasteiger partial charge on any atom is -0.490 e. The van der Waals surface area contributed by atoms with Crippen molar-refractivity contribution in [2.45, 2.75) is 40.7 Å². The molecule has 11 nitrogen and oxygen atoms in total. The summed E-state index contributed by atoms with van der Waals surface area (Å²) in [6.45, 7) is 7.40. The molecule has 224 valence electrons. The lowest BCUT2D eigenvalue weighted by molar-refractivity contribution is -0.384. The van der Waals surface area contributed by atoms with Gasteiger partial charge in [-0.3, -0.25) is 14.9 Å². The van der Waals surface area contributed by atoms with Crippen LogP contribution in [0.1, 0.15) is 62.4 Å². The van der Waals surface area contributed by atoms with Gasteiger partial charge in [-0.25, -0.2) is 9.59 Å². The fourth-order valence-corrected chi connectivity index (χ4v) is 5.20. The van der Waals surface area contributed by atoms with E-state index in [-0.39, 0.29) is 47.9 Å². The van der Waals surface area contributed by atoms with E-state index in [0.717, 1.165) is 11.3 Å². The molecular weight excluding hydrogens is 576 g/mol. The first-order chi connectivity index (χ1) is 20.6. The summed E-state index contributed by atoms with van der Waals surface area (Å²) in [6.07, 6.45) is 1.11. The van der Waals surface area contributed by atoms with Crippen molar-refractivity contribution in [2.24, 2.45) is 0 Å². The normalized spacial score (nSPS) is 10.9. The number of hydrogen-bond acceptors (Lipinski definition) is 11. The number of rotatable bonds is 14. The van der Waals surface area contributed by atoms with E-state index in [1.165, 1.54) is 18.2 Å². The summed E-state index contributed by atoms with van der Waals surface area (Å²) >= 11 is 0.965. The summed E-state index contributed by atoms with van der Waals surface area (Å²) in [4.78, 5) is 49.3. The molecule has 0 fully saturated rings. The van der Waals surface area contributed by atoms with Crippen molar-refractivity contribution < 1.29 is 38.3 Å². The number of non-ortho nitro benzene ring substituents is 1. The van der Waals surface area contributed by atoms with E-state index in [9.17, 15) is 29.8 Å². The van der Waals surface area contributed by atoms with E-state index in [4.69, 9.17) is 18.9 Å². The highest BCUT2D eigenvalue weighted by atomic mass is 32.1. The lowest BCUT2D eigenvalue weighted by Crippen LogP contribution is -2.12. The Labute approximate surface area is 252 Å². The third kappa shape index (κ3) is 8.27. The topological polar surface area (TPSA) is 155 Å². The average Bonchev–Trinajstić information content (AvgIpc) is 3.31. The van der Waals surface area contributed by atoms with Gasteiger partial charge in [0, 0.05) is 23.4 Å². The zero-order valence-electron chi connectivity index (χ0n) is 24.1. The summed E-state index contributed by atoms with van der Waals surface area (Å²) in [5.74, 6) is -1.05. The number of nitrogens with zero attached hydrogens (tertiary/aromatic N) is 2. The molecule has 1 heterocycles. The molecule has 0 N–H and O–H groups in total. The summed E-state index contributed by atoms with van der Waals surface area (Å²) in [6, 6.07) is 12.8. The van der Waals surface area contributed by atoms with Gasteiger partial charge in [-0.1, -0.05) is 6.07 Å². The van der Waals surface area contributed by atoms with Crippen molar-refractivity contribution in [1.82, 2.24) is 0 Å². The Morgan fingerprint density at radius 1 is 0.953 bits per heavy atom. The van der Waals surface area contributed by atoms with Crippen molar-refractivity contribution >= 4 is 40.8 Å². The first-order valence-corrected chi connectivity index (χ1v) is 14.2. The number of thiophene rings is 1. The third-order valence-corrected chi connectivity index (χ3v) is 7.29. The Hall–Kier alpha value is -5.02. The average molecular weight is 607 g/mol. The van der Waals surface area contributed by atoms with Gasteiger partial charge in [0.25, 0.3) is 5.69 Å². The van der Waals surface area contributed by atoms with Gasteiger partial charge in [0.2, 0.25) is 0 Å². The number of hydrogen-bond donors (Lipinski definition) is 0. The van der Waals surface area contributed by atoms with Crippen LogP contribution in [-0.2, 0) is 27.3 Å². The van der Waals surface area contributed by atoms with Crippen LogP contribution in [0.2, 0.25) is 0 Å². The molecule has 0 radical (unpaired) electrons. The van der Waals surface area contributed by atoms with Gasteiger partial charge in [0.05, 0.1) is 35.9 Å². The fraction of sp³-hybridized carbons (Fsp3) is 0.290. The molecule has 43 heavy (non-hydrogen) atoms. The number of nitriles is 1. The lowest BCUT2D eigenvalue weighted by atomic mass is 10.0. The number of Topliss-reactive ketones (excluding diaryl/α,β-unsaturated/α-hetero) is 1. The number of ketones is 1. The molecule has 2 aromatic carbocycles. The minimum absolute atomic E-state index is 0.0245. The molecular formula is C31H30N2O9S. The molecule has 0 saturated heterocycles. The van der Waals surface area contributed by atoms with Gasteiger partial charge in [0.1, 0.15) is 17.6 Å². The number of nitro benzene ring substituents is 1. The first kappa shape index (κ1) is 32.5. The molecule has 0 spiro atoms. The highest BCUT2D eigenvalue weighted by molar-refractivity contribution is 7.14. The maximum Gasteiger partial charge on any atom is 0.348 e. The van der Waals surface area contributed by atoms with Crippen LogP contribution in [0.15, 0.2) is 48.0 Å². The Balaban J connectivity index is 1.86. The SMILES string of the molecule is CCOC(=O)c1sc(CC(=O)C(C#N)=Cc2ccc(OCc3ccc([N+](=O)[O-])cc3)c(OCC)c2)c(C(=O)OCC)c1C. The zero-order chi connectivity index (χ0) is 31.5. The van der Waals surface area contributed by atoms with Gasteiger partial charge in [0.15, 0.2) is 17.3 Å². The van der Waals surface area contributed by atoms with Crippen LogP contribution in [0.3, 0.4) is 0 Å². The summed E-state index contributed by atoms with van der Waals surface area (Å²) in [5.41, 5.74) is 1.50.